The lowest BCUT2D eigenvalue weighted by atomic mass is 9.46. The summed E-state index contributed by atoms with van der Waals surface area (Å²) in [5, 5.41) is 7.22. The predicted molar refractivity (Wildman–Crippen MR) is 104 cm³/mol. The SMILES string of the molecule is CN=C(NCCc1cc(C)ccc1OC)NC1C2CCOC2C12CCC2. The molecular formula is C21H31N3O2. The van der Waals surface area contributed by atoms with Gasteiger partial charge in [0.15, 0.2) is 5.96 Å². The number of guanidine groups is 1. The van der Waals surface area contributed by atoms with E-state index in [1.54, 1.807) is 7.11 Å². The number of fused-ring (bicyclic) bond motifs is 2. The van der Waals surface area contributed by atoms with Crippen LogP contribution in [0.15, 0.2) is 23.2 Å². The number of methoxy groups -OCH3 is 1. The number of nitrogens with zero attached hydrogens (tertiary/aromatic N) is 1. The first-order chi connectivity index (χ1) is 12.7. The smallest absolute Gasteiger partial charge is 0.191 e. The zero-order chi connectivity index (χ0) is 18.1. The Labute approximate surface area is 156 Å². The van der Waals surface area contributed by atoms with Gasteiger partial charge in [-0.05, 0) is 44.2 Å². The molecule has 1 aromatic rings. The van der Waals surface area contributed by atoms with Gasteiger partial charge in [-0.2, -0.15) is 0 Å². The van der Waals surface area contributed by atoms with Crippen molar-refractivity contribution < 1.29 is 9.47 Å². The number of aliphatic imine (C=N–C) groups is 1. The molecule has 3 fully saturated rings. The third kappa shape index (κ3) is 2.86. The van der Waals surface area contributed by atoms with Crippen LogP contribution in [-0.2, 0) is 11.2 Å². The van der Waals surface area contributed by atoms with Crippen LogP contribution in [0.1, 0.15) is 36.8 Å². The number of hydrogen-bond donors (Lipinski definition) is 2. The van der Waals surface area contributed by atoms with Gasteiger partial charge >= 0.3 is 0 Å². The molecule has 2 saturated carbocycles. The maximum Gasteiger partial charge on any atom is 0.191 e. The van der Waals surface area contributed by atoms with Crippen LogP contribution in [0, 0.1) is 18.3 Å². The molecule has 1 spiro atoms. The van der Waals surface area contributed by atoms with E-state index in [4.69, 9.17) is 9.47 Å². The minimum Gasteiger partial charge on any atom is -0.496 e. The summed E-state index contributed by atoms with van der Waals surface area (Å²) >= 11 is 0. The highest BCUT2D eigenvalue weighted by molar-refractivity contribution is 5.80. The summed E-state index contributed by atoms with van der Waals surface area (Å²) in [5.74, 6) is 2.53. The van der Waals surface area contributed by atoms with Crippen LogP contribution < -0.4 is 15.4 Å². The van der Waals surface area contributed by atoms with E-state index < -0.39 is 0 Å². The van der Waals surface area contributed by atoms with Gasteiger partial charge in [0.1, 0.15) is 5.75 Å². The lowest BCUT2D eigenvalue weighted by molar-refractivity contribution is -0.171. The van der Waals surface area contributed by atoms with E-state index in [0.29, 0.717) is 23.5 Å². The molecular weight excluding hydrogens is 326 g/mol. The van der Waals surface area contributed by atoms with E-state index in [-0.39, 0.29) is 0 Å². The van der Waals surface area contributed by atoms with Crippen LogP contribution in [0.3, 0.4) is 0 Å². The fourth-order valence-corrected chi connectivity index (χ4v) is 5.22. The molecule has 5 nitrogen and oxygen atoms in total. The molecule has 1 heterocycles. The van der Waals surface area contributed by atoms with Gasteiger partial charge in [0.05, 0.1) is 13.2 Å². The third-order valence-electron chi connectivity index (χ3n) is 6.67. The summed E-state index contributed by atoms with van der Waals surface area (Å²) in [6.45, 7) is 3.88. The molecule has 4 rings (SSSR count). The topological polar surface area (TPSA) is 54.9 Å². The molecule has 2 aliphatic carbocycles. The second-order valence-electron chi connectivity index (χ2n) is 8.02. The quantitative estimate of drug-likeness (QED) is 0.628. The zero-order valence-electron chi connectivity index (χ0n) is 16.2. The molecule has 3 atom stereocenters. The van der Waals surface area contributed by atoms with Gasteiger partial charge in [-0.25, -0.2) is 0 Å². The molecule has 1 aromatic carbocycles. The number of benzene rings is 1. The lowest BCUT2D eigenvalue weighted by Crippen LogP contribution is -2.72. The Balaban J connectivity index is 1.34. The van der Waals surface area contributed by atoms with Gasteiger partial charge in [-0.15, -0.1) is 0 Å². The van der Waals surface area contributed by atoms with Crippen LogP contribution in [-0.4, -0.2) is 45.4 Å². The van der Waals surface area contributed by atoms with Crippen molar-refractivity contribution in [2.45, 2.75) is 51.2 Å². The van der Waals surface area contributed by atoms with Gasteiger partial charge in [0.25, 0.3) is 0 Å². The van der Waals surface area contributed by atoms with Crippen LogP contribution >= 0.6 is 0 Å². The summed E-state index contributed by atoms with van der Waals surface area (Å²) in [6, 6.07) is 6.85. The van der Waals surface area contributed by atoms with Crippen molar-refractivity contribution in [2.75, 3.05) is 27.3 Å². The summed E-state index contributed by atoms with van der Waals surface area (Å²) in [4.78, 5) is 4.46. The number of ether oxygens (including phenoxy) is 2. The summed E-state index contributed by atoms with van der Waals surface area (Å²) < 4.78 is 11.5. The van der Waals surface area contributed by atoms with Crippen LogP contribution in [0.2, 0.25) is 0 Å². The van der Waals surface area contributed by atoms with Gasteiger partial charge in [-0.1, -0.05) is 24.1 Å². The van der Waals surface area contributed by atoms with E-state index in [2.05, 4.69) is 34.7 Å². The number of hydrogen-bond acceptors (Lipinski definition) is 3. The largest absolute Gasteiger partial charge is 0.496 e. The number of aryl methyl sites for hydroxylation is 1. The van der Waals surface area contributed by atoms with Gasteiger partial charge in [-0.3, -0.25) is 4.99 Å². The van der Waals surface area contributed by atoms with E-state index >= 15 is 0 Å². The zero-order valence-corrected chi connectivity index (χ0v) is 16.2. The molecule has 1 saturated heterocycles. The summed E-state index contributed by atoms with van der Waals surface area (Å²) in [5.41, 5.74) is 2.87. The first kappa shape index (κ1) is 17.7. The maximum atomic E-state index is 6.02. The maximum absolute atomic E-state index is 6.02. The van der Waals surface area contributed by atoms with E-state index in [0.717, 1.165) is 31.3 Å². The summed E-state index contributed by atoms with van der Waals surface area (Å²) in [7, 11) is 3.59. The predicted octanol–water partition coefficient (Wildman–Crippen LogP) is 2.67. The van der Waals surface area contributed by atoms with Crippen molar-refractivity contribution in [1.82, 2.24) is 10.6 Å². The lowest BCUT2D eigenvalue weighted by Gasteiger charge is -2.63. The molecule has 0 radical (unpaired) electrons. The fourth-order valence-electron chi connectivity index (χ4n) is 5.22. The Kier molecular flexibility index (Phi) is 4.82. The van der Waals surface area contributed by atoms with Crippen LogP contribution in [0.4, 0.5) is 0 Å². The van der Waals surface area contributed by atoms with E-state index in [1.807, 2.05) is 13.1 Å². The molecule has 3 aliphatic rings. The van der Waals surface area contributed by atoms with Crippen molar-refractivity contribution in [1.29, 1.82) is 0 Å². The molecule has 0 aromatic heterocycles. The van der Waals surface area contributed by atoms with Crippen molar-refractivity contribution in [2.24, 2.45) is 16.3 Å². The highest BCUT2D eigenvalue weighted by atomic mass is 16.5. The molecule has 2 N–H and O–H groups in total. The minimum absolute atomic E-state index is 0.374. The normalized spacial score (nSPS) is 28.9. The molecule has 3 unspecified atom stereocenters. The Morgan fingerprint density at radius 3 is 2.92 bits per heavy atom. The first-order valence-corrected chi connectivity index (χ1v) is 9.90. The number of rotatable bonds is 5. The molecule has 0 amide bonds. The van der Waals surface area contributed by atoms with Crippen molar-refractivity contribution in [3.05, 3.63) is 29.3 Å². The molecule has 0 bridgehead atoms. The summed E-state index contributed by atoms with van der Waals surface area (Å²) in [6.07, 6.45) is 6.51. The van der Waals surface area contributed by atoms with E-state index in [1.165, 1.54) is 36.8 Å². The third-order valence-corrected chi connectivity index (χ3v) is 6.67. The minimum atomic E-state index is 0.374. The average Bonchev–Trinajstić information content (AvgIpc) is 3.01. The van der Waals surface area contributed by atoms with Gasteiger partial charge in [0.2, 0.25) is 0 Å². The van der Waals surface area contributed by atoms with Crippen molar-refractivity contribution in [3.63, 3.8) is 0 Å². The van der Waals surface area contributed by atoms with Crippen molar-refractivity contribution >= 4 is 5.96 Å². The Bertz CT molecular complexity index is 684. The Hall–Kier alpha value is -1.75. The van der Waals surface area contributed by atoms with Gasteiger partial charge < -0.3 is 20.1 Å². The Morgan fingerprint density at radius 2 is 2.23 bits per heavy atom. The first-order valence-electron chi connectivity index (χ1n) is 9.90. The molecule has 142 valence electrons. The standard InChI is InChI=1S/C21H31N3O2/c1-14-5-6-17(25-3)15(13-14)7-11-23-20(22-2)24-18-16-8-12-26-19(16)21(18)9-4-10-21/h5-6,13,16,18-19H,4,7-12H2,1-3H3,(H2,22,23,24). The molecule has 5 heteroatoms. The van der Waals surface area contributed by atoms with Crippen LogP contribution in [0.5, 0.6) is 5.75 Å². The Morgan fingerprint density at radius 1 is 1.38 bits per heavy atom. The van der Waals surface area contributed by atoms with Crippen molar-refractivity contribution in [3.8, 4) is 5.75 Å². The monoisotopic (exact) mass is 357 g/mol. The molecule has 26 heavy (non-hydrogen) atoms. The number of nitrogens with one attached hydrogen (secondary N) is 2. The van der Waals surface area contributed by atoms with E-state index in [9.17, 15) is 0 Å². The fraction of sp³-hybridized carbons (Fsp3) is 0.667. The highest BCUT2D eigenvalue weighted by Gasteiger charge is 2.66. The molecule has 1 aliphatic heterocycles. The van der Waals surface area contributed by atoms with Gasteiger partial charge in [0, 0.05) is 37.6 Å². The highest BCUT2D eigenvalue weighted by Crippen LogP contribution is 2.62. The average molecular weight is 357 g/mol. The second-order valence-corrected chi connectivity index (χ2v) is 8.02. The second kappa shape index (κ2) is 7.10. The van der Waals surface area contributed by atoms with Crippen LogP contribution in [0.25, 0.3) is 0 Å².